The smallest absolute Gasteiger partial charge is 0.283 e. The van der Waals surface area contributed by atoms with E-state index in [9.17, 15) is 17.7 Å². The summed E-state index contributed by atoms with van der Waals surface area (Å²) in [7, 11) is -4.21. The van der Waals surface area contributed by atoms with Crippen LogP contribution in [0, 0.1) is 0 Å². The highest BCUT2D eigenvalue weighted by Crippen LogP contribution is 2.50. The lowest BCUT2D eigenvalue weighted by Gasteiger charge is -2.17. The lowest BCUT2D eigenvalue weighted by Crippen LogP contribution is -2.17. The van der Waals surface area contributed by atoms with E-state index in [-0.39, 0.29) is 13.2 Å². The highest BCUT2D eigenvalue weighted by molar-refractivity contribution is 7.48. The van der Waals surface area contributed by atoms with Gasteiger partial charge in [0, 0.05) is 0 Å². The molecular formula is C8H12F3O4P. The van der Waals surface area contributed by atoms with Crippen molar-refractivity contribution < 1.29 is 31.3 Å². The van der Waals surface area contributed by atoms with Crippen LogP contribution in [0.1, 0.15) is 0 Å². The third kappa shape index (κ3) is 7.64. The van der Waals surface area contributed by atoms with Gasteiger partial charge in [0.1, 0.15) is 0 Å². The molecule has 0 amide bonds. The standard InChI is InChI=1S/C8H12F3O4P/c1-3-5-13-16(12,14-6-4-2)15-7-8(9,10)11/h3-4H,1-2,5-7H2. The van der Waals surface area contributed by atoms with E-state index in [0.29, 0.717) is 0 Å². The number of phosphoric ester groups is 1. The van der Waals surface area contributed by atoms with Gasteiger partial charge < -0.3 is 0 Å². The summed E-state index contributed by atoms with van der Waals surface area (Å²) in [5, 5.41) is 0. The topological polar surface area (TPSA) is 44.8 Å². The molecule has 0 heterocycles. The number of halogens is 3. The Hall–Kier alpha value is -0.620. The molecule has 0 spiro atoms. The first kappa shape index (κ1) is 15.4. The number of alkyl halides is 3. The molecule has 0 radical (unpaired) electrons. The number of hydrogen-bond donors (Lipinski definition) is 0. The molecule has 0 aromatic carbocycles. The third-order valence-corrected chi connectivity index (χ3v) is 2.46. The summed E-state index contributed by atoms with van der Waals surface area (Å²) in [6, 6.07) is 0. The third-order valence-electron chi connectivity index (χ3n) is 1.09. The van der Waals surface area contributed by atoms with E-state index in [4.69, 9.17) is 0 Å². The molecular weight excluding hydrogens is 248 g/mol. The van der Waals surface area contributed by atoms with Crippen molar-refractivity contribution in [1.82, 2.24) is 0 Å². The highest BCUT2D eigenvalue weighted by atomic mass is 31.2. The molecule has 8 heteroatoms. The van der Waals surface area contributed by atoms with Gasteiger partial charge in [-0.05, 0) is 0 Å². The van der Waals surface area contributed by atoms with Gasteiger partial charge in [-0.1, -0.05) is 12.2 Å². The van der Waals surface area contributed by atoms with Crippen LogP contribution in [0.15, 0.2) is 25.3 Å². The van der Waals surface area contributed by atoms with Gasteiger partial charge in [0.25, 0.3) is 0 Å². The molecule has 0 aliphatic heterocycles. The van der Waals surface area contributed by atoms with E-state index >= 15 is 0 Å². The van der Waals surface area contributed by atoms with Crippen molar-refractivity contribution in [3.63, 3.8) is 0 Å². The molecule has 0 aromatic rings. The van der Waals surface area contributed by atoms with Crippen molar-refractivity contribution in [2.75, 3.05) is 19.8 Å². The maximum atomic E-state index is 11.8. The number of phosphoric acid groups is 1. The highest BCUT2D eigenvalue weighted by Gasteiger charge is 2.35. The van der Waals surface area contributed by atoms with Gasteiger partial charge in [0.2, 0.25) is 0 Å². The zero-order chi connectivity index (χ0) is 12.7. The fourth-order valence-corrected chi connectivity index (χ4v) is 1.66. The fourth-order valence-electron chi connectivity index (χ4n) is 0.552. The van der Waals surface area contributed by atoms with Gasteiger partial charge in [-0.15, -0.1) is 13.2 Å². The molecule has 0 aliphatic carbocycles. The molecule has 0 N–H and O–H groups in total. The predicted molar refractivity (Wildman–Crippen MR) is 51.9 cm³/mol. The molecule has 0 fully saturated rings. The first-order chi connectivity index (χ1) is 7.33. The zero-order valence-corrected chi connectivity index (χ0v) is 9.30. The summed E-state index contributed by atoms with van der Waals surface area (Å²) in [5.74, 6) is 0. The van der Waals surface area contributed by atoms with Crippen molar-refractivity contribution in [2.24, 2.45) is 0 Å². The minimum Gasteiger partial charge on any atom is -0.283 e. The summed E-state index contributed by atoms with van der Waals surface area (Å²) in [6.45, 7) is 4.31. The van der Waals surface area contributed by atoms with Crippen molar-refractivity contribution in [3.05, 3.63) is 25.3 Å². The normalized spacial score (nSPS) is 12.4. The summed E-state index contributed by atoms with van der Waals surface area (Å²) >= 11 is 0. The molecule has 0 aliphatic rings. The van der Waals surface area contributed by atoms with Crippen LogP contribution in [0.4, 0.5) is 13.2 Å². The maximum Gasteiger partial charge on any atom is 0.475 e. The first-order valence-corrected chi connectivity index (χ1v) is 5.61. The van der Waals surface area contributed by atoms with Gasteiger partial charge in [0.15, 0.2) is 6.61 Å². The van der Waals surface area contributed by atoms with Crippen LogP contribution in [-0.2, 0) is 18.1 Å². The summed E-state index contributed by atoms with van der Waals surface area (Å²) in [5.41, 5.74) is 0. The van der Waals surface area contributed by atoms with Crippen molar-refractivity contribution in [2.45, 2.75) is 6.18 Å². The maximum absolute atomic E-state index is 11.8. The lowest BCUT2D eigenvalue weighted by molar-refractivity contribution is -0.158. The van der Waals surface area contributed by atoms with E-state index in [2.05, 4.69) is 26.7 Å². The monoisotopic (exact) mass is 260 g/mol. The quantitative estimate of drug-likeness (QED) is 0.497. The Balaban J connectivity index is 4.34. The molecule has 94 valence electrons. The molecule has 0 saturated carbocycles. The lowest BCUT2D eigenvalue weighted by atomic mass is 10.7. The molecule has 0 saturated heterocycles. The van der Waals surface area contributed by atoms with Gasteiger partial charge in [-0.3, -0.25) is 13.6 Å². The Bertz CT molecular complexity index is 261. The Morgan fingerprint density at radius 3 is 1.81 bits per heavy atom. The van der Waals surface area contributed by atoms with Crippen LogP contribution in [-0.4, -0.2) is 26.0 Å². The summed E-state index contributed by atoms with van der Waals surface area (Å²) < 4.78 is 60.1. The molecule has 16 heavy (non-hydrogen) atoms. The Morgan fingerprint density at radius 2 is 1.50 bits per heavy atom. The molecule has 0 atom stereocenters. The minimum atomic E-state index is -4.61. The van der Waals surface area contributed by atoms with Gasteiger partial charge in [-0.2, -0.15) is 13.2 Å². The molecule has 0 aromatic heterocycles. The van der Waals surface area contributed by atoms with Crippen LogP contribution in [0.3, 0.4) is 0 Å². The van der Waals surface area contributed by atoms with E-state index in [1.807, 2.05) is 0 Å². The van der Waals surface area contributed by atoms with E-state index in [1.165, 1.54) is 12.2 Å². The van der Waals surface area contributed by atoms with Crippen LogP contribution in [0.2, 0.25) is 0 Å². The average Bonchev–Trinajstić information content (AvgIpc) is 2.20. The predicted octanol–water partition coefficient (Wildman–Crippen LogP) is 3.08. The summed E-state index contributed by atoms with van der Waals surface area (Å²) in [6.07, 6.45) is -2.19. The van der Waals surface area contributed by atoms with Crippen LogP contribution in [0.5, 0.6) is 0 Å². The van der Waals surface area contributed by atoms with Gasteiger partial charge >= 0.3 is 14.0 Å². The Labute approximate surface area is 91.3 Å². The van der Waals surface area contributed by atoms with Crippen molar-refractivity contribution >= 4 is 7.82 Å². The second kappa shape index (κ2) is 6.85. The average molecular weight is 260 g/mol. The van der Waals surface area contributed by atoms with Crippen molar-refractivity contribution in [3.8, 4) is 0 Å². The fraction of sp³-hybridized carbons (Fsp3) is 0.500. The Kier molecular flexibility index (Phi) is 6.59. The minimum absolute atomic E-state index is 0.244. The van der Waals surface area contributed by atoms with E-state index in [0.717, 1.165) is 0 Å². The number of hydrogen-bond acceptors (Lipinski definition) is 4. The SMILES string of the molecule is C=CCOP(=O)(OCC=C)OCC(F)(F)F. The van der Waals surface area contributed by atoms with E-state index in [1.54, 1.807) is 0 Å². The largest absolute Gasteiger partial charge is 0.475 e. The molecule has 0 rings (SSSR count). The first-order valence-electron chi connectivity index (χ1n) is 4.15. The second-order valence-corrected chi connectivity index (χ2v) is 4.17. The van der Waals surface area contributed by atoms with Crippen LogP contribution < -0.4 is 0 Å². The Morgan fingerprint density at radius 1 is 1.06 bits per heavy atom. The molecule has 0 unspecified atom stereocenters. The van der Waals surface area contributed by atoms with Gasteiger partial charge in [-0.25, -0.2) is 4.57 Å². The number of rotatable bonds is 8. The second-order valence-electron chi connectivity index (χ2n) is 2.50. The van der Waals surface area contributed by atoms with E-state index < -0.39 is 20.6 Å². The summed E-state index contributed by atoms with van der Waals surface area (Å²) in [4.78, 5) is 0. The molecule has 0 bridgehead atoms. The van der Waals surface area contributed by atoms with Crippen LogP contribution >= 0.6 is 7.82 Å². The van der Waals surface area contributed by atoms with Gasteiger partial charge in [0.05, 0.1) is 13.2 Å². The molecule has 4 nitrogen and oxygen atoms in total. The van der Waals surface area contributed by atoms with Crippen molar-refractivity contribution in [1.29, 1.82) is 0 Å². The van der Waals surface area contributed by atoms with Crippen LogP contribution in [0.25, 0.3) is 0 Å². The zero-order valence-electron chi connectivity index (χ0n) is 8.40.